The zero-order valence-electron chi connectivity index (χ0n) is 15.5. The van der Waals surface area contributed by atoms with Crippen molar-refractivity contribution in [3.05, 3.63) is 83.7 Å². The van der Waals surface area contributed by atoms with Crippen LogP contribution in [0.5, 0.6) is 0 Å². The highest BCUT2D eigenvalue weighted by molar-refractivity contribution is 7.98. The molecule has 0 fully saturated rings. The summed E-state index contributed by atoms with van der Waals surface area (Å²) in [4.78, 5) is 12.6. The molecule has 0 radical (unpaired) electrons. The first-order chi connectivity index (χ1) is 13.6. The predicted octanol–water partition coefficient (Wildman–Crippen LogP) is 5.06. The largest absolute Gasteiger partial charge is 0.478 e. The lowest BCUT2D eigenvalue weighted by atomic mass is 10.1. The van der Waals surface area contributed by atoms with E-state index < -0.39 is 5.97 Å². The monoisotopic (exact) mass is 411 g/mol. The SMILES string of the molecule is C=CCn1c(CSc2ccc(C)cc2)nnc1SCc1ccccc1C(=O)O. The number of rotatable bonds is 9. The molecule has 1 N–H and O–H groups in total. The maximum Gasteiger partial charge on any atom is 0.335 e. The summed E-state index contributed by atoms with van der Waals surface area (Å²) in [5.74, 6) is 1.18. The Morgan fingerprint density at radius 3 is 2.57 bits per heavy atom. The number of carboxylic acid groups (broad SMARTS) is 1. The van der Waals surface area contributed by atoms with Crippen LogP contribution in [-0.4, -0.2) is 25.8 Å². The number of hydrogen-bond donors (Lipinski definition) is 1. The molecular weight excluding hydrogens is 390 g/mol. The van der Waals surface area contributed by atoms with E-state index in [1.165, 1.54) is 22.2 Å². The molecule has 0 aliphatic carbocycles. The van der Waals surface area contributed by atoms with E-state index >= 15 is 0 Å². The third-order valence-corrected chi connectivity index (χ3v) is 6.12. The maximum atomic E-state index is 11.4. The van der Waals surface area contributed by atoms with E-state index in [2.05, 4.69) is 48.0 Å². The van der Waals surface area contributed by atoms with Gasteiger partial charge in [-0.25, -0.2) is 4.79 Å². The molecule has 3 rings (SSSR count). The van der Waals surface area contributed by atoms with E-state index in [1.807, 2.05) is 22.8 Å². The number of thioether (sulfide) groups is 2. The van der Waals surface area contributed by atoms with Gasteiger partial charge in [-0.3, -0.25) is 0 Å². The van der Waals surface area contributed by atoms with Crippen LogP contribution in [0.4, 0.5) is 0 Å². The molecule has 3 aromatic rings. The van der Waals surface area contributed by atoms with E-state index in [0.29, 0.717) is 23.6 Å². The van der Waals surface area contributed by atoms with Crippen molar-refractivity contribution in [2.75, 3.05) is 0 Å². The Morgan fingerprint density at radius 1 is 1.11 bits per heavy atom. The summed E-state index contributed by atoms with van der Waals surface area (Å²) in [6.07, 6.45) is 1.82. The Balaban J connectivity index is 1.72. The maximum absolute atomic E-state index is 11.4. The van der Waals surface area contributed by atoms with E-state index in [0.717, 1.165) is 16.5 Å². The van der Waals surface area contributed by atoms with Gasteiger partial charge in [-0.2, -0.15) is 0 Å². The molecule has 1 aromatic heterocycles. The molecule has 0 saturated heterocycles. The van der Waals surface area contributed by atoms with E-state index in [4.69, 9.17) is 0 Å². The second-order valence-electron chi connectivity index (χ2n) is 6.15. The van der Waals surface area contributed by atoms with Crippen LogP contribution in [0.1, 0.15) is 27.3 Å². The predicted molar refractivity (Wildman–Crippen MR) is 114 cm³/mol. The highest BCUT2D eigenvalue weighted by atomic mass is 32.2. The molecule has 5 nitrogen and oxygen atoms in total. The summed E-state index contributed by atoms with van der Waals surface area (Å²) < 4.78 is 2.03. The van der Waals surface area contributed by atoms with Crippen molar-refractivity contribution in [1.82, 2.24) is 14.8 Å². The van der Waals surface area contributed by atoms with Gasteiger partial charge in [-0.15, -0.1) is 28.5 Å². The standard InChI is InChI=1S/C21H21N3O2S2/c1-3-12-24-19(14-27-17-10-8-15(2)9-11-17)22-23-21(24)28-13-16-6-4-5-7-18(16)20(25)26/h3-11H,1,12-14H2,2H3,(H,25,26). The summed E-state index contributed by atoms with van der Waals surface area (Å²) in [5, 5.41) is 18.8. The van der Waals surface area contributed by atoms with Crippen LogP contribution in [0, 0.1) is 6.92 Å². The van der Waals surface area contributed by atoms with Gasteiger partial charge >= 0.3 is 5.97 Å². The normalized spacial score (nSPS) is 10.8. The number of aromatic nitrogens is 3. The highest BCUT2D eigenvalue weighted by Gasteiger charge is 2.14. The van der Waals surface area contributed by atoms with Crippen LogP contribution >= 0.6 is 23.5 Å². The Morgan fingerprint density at radius 2 is 1.86 bits per heavy atom. The molecule has 144 valence electrons. The van der Waals surface area contributed by atoms with Crippen LogP contribution in [0.2, 0.25) is 0 Å². The van der Waals surface area contributed by atoms with Crippen molar-refractivity contribution in [1.29, 1.82) is 0 Å². The van der Waals surface area contributed by atoms with Crippen molar-refractivity contribution in [2.45, 2.75) is 35.0 Å². The summed E-state index contributed by atoms with van der Waals surface area (Å²) in [6, 6.07) is 15.4. The quantitative estimate of drug-likeness (QED) is 0.392. The number of carboxylic acids is 1. The molecule has 0 unspecified atom stereocenters. The highest BCUT2D eigenvalue weighted by Crippen LogP contribution is 2.27. The average Bonchev–Trinajstić information content (AvgIpc) is 3.08. The summed E-state index contributed by atoms with van der Waals surface area (Å²) in [7, 11) is 0. The molecule has 0 saturated carbocycles. The molecule has 2 aromatic carbocycles. The third-order valence-electron chi connectivity index (χ3n) is 4.10. The van der Waals surface area contributed by atoms with Crippen molar-refractivity contribution in [2.24, 2.45) is 0 Å². The van der Waals surface area contributed by atoms with Gasteiger partial charge in [-0.05, 0) is 30.7 Å². The summed E-state index contributed by atoms with van der Waals surface area (Å²) in [5.41, 5.74) is 2.32. The minimum absolute atomic E-state index is 0.319. The van der Waals surface area contributed by atoms with Crippen molar-refractivity contribution in [3.8, 4) is 0 Å². The molecule has 0 atom stereocenters. The molecule has 0 amide bonds. The zero-order valence-corrected chi connectivity index (χ0v) is 17.2. The van der Waals surface area contributed by atoms with Crippen LogP contribution in [0.25, 0.3) is 0 Å². The smallest absolute Gasteiger partial charge is 0.335 e. The minimum Gasteiger partial charge on any atom is -0.478 e. The fraction of sp³-hybridized carbons (Fsp3) is 0.190. The van der Waals surface area contributed by atoms with Crippen LogP contribution in [0.15, 0.2) is 71.2 Å². The van der Waals surface area contributed by atoms with Gasteiger partial charge in [-0.1, -0.05) is 53.7 Å². The second-order valence-corrected chi connectivity index (χ2v) is 8.14. The molecular formula is C21H21N3O2S2. The molecule has 0 aliphatic rings. The number of carbonyl (C=O) groups is 1. The van der Waals surface area contributed by atoms with Gasteiger partial charge in [0, 0.05) is 17.2 Å². The van der Waals surface area contributed by atoms with E-state index in [9.17, 15) is 9.90 Å². The summed E-state index contributed by atoms with van der Waals surface area (Å²) in [6.45, 7) is 6.51. The molecule has 7 heteroatoms. The lowest BCUT2D eigenvalue weighted by molar-refractivity contribution is 0.0696. The number of benzene rings is 2. The molecule has 0 aliphatic heterocycles. The van der Waals surface area contributed by atoms with Gasteiger partial charge in [0.15, 0.2) is 5.16 Å². The first kappa shape index (κ1) is 20.2. The molecule has 28 heavy (non-hydrogen) atoms. The first-order valence-corrected chi connectivity index (χ1v) is 10.7. The lowest BCUT2D eigenvalue weighted by Crippen LogP contribution is -2.04. The van der Waals surface area contributed by atoms with E-state index in [-0.39, 0.29) is 0 Å². The van der Waals surface area contributed by atoms with Crippen LogP contribution in [-0.2, 0) is 18.1 Å². The van der Waals surface area contributed by atoms with E-state index in [1.54, 1.807) is 23.9 Å². The van der Waals surface area contributed by atoms with Crippen LogP contribution in [0.3, 0.4) is 0 Å². The number of aromatic carboxylic acids is 1. The number of aryl methyl sites for hydroxylation is 1. The Hall–Kier alpha value is -2.51. The molecule has 1 heterocycles. The second kappa shape index (κ2) is 9.61. The van der Waals surface area contributed by atoms with Crippen LogP contribution < -0.4 is 0 Å². The summed E-state index contributed by atoms with van der Waals surface area (Å²) >= 11 is 3.20. The zero-order chi connectivity index (χ0) is 19.9. The van der Waals surface area contributed by atoms with Gasteiger partial charge in [0.1, 0.15) is 5.82 Å². The first-order valence-electron chi connectivity index (χ1n) is 8.75. The third kappa shape index (κ3) is 5.05. The number of hydrogen-bond acceptors (Lipinski definition) is 5. The lowest BCUT2D eigenvalue weighted by Gasteiger charge is -2.09. The Labute approximate surface area is 172 Å². The Bertz CT molecular complexity index is 968. The van der Waals surface area contributed by atoms with Gasteiger partial charge in [0.25, 0.3) is 0 Å². The van der Waals surface area contributed by atoms with Gasteiger partial charge in [0.05, 0.1) is 11.3 Å². The van der Waals surface area contributed by atoms with Crippen molar-refractivity contribution >= 4 is 29.5 Å². The number of allylic oxidation sites excluding steroid dienone is 1. The fourth-order valence-electron chi connectivity index (χ4n) is 2.62. The topological polar surface area (TPSA) is 68.0 Å². The molecule has 0 bridgehead atoms. The van der Waals surface area contributed by atoms with Crippen molar-refractivity contribution in [3.63, 3.8) is 0 Å². The van der Waals surface area contributed by atoms with Gasteiger partial charge in [0.2, 0.25) is 0 Å². The Kier molecular flexibility index (Phi) is 6.95. The fourth-order valence-corrected chi connectivity index (χ4v) is 4.43. The number of nitrogens with zero attached hydrogens (tertiary/aromatic N) is 3. The van der Waals surface area contributed by atoms with Crippen molar-refractivity contribution < 1.29 is 9.90 Å². The minimum atomic E-state index is -0.918. The molecule has 0 spiro atoms. The van der Waals surface area contributed by atoms with Gasteiger partial charge < -0.3 is 9.67 Å². The average molecular weight is 412 g/mol.